The highest BCUT2D eigenvalue weighted by Gasteiger charge is 2.25. The molecule has 0 aromatic carbocycles. The van der Waals surface area contributed by atoms with E-state index in [1.54, 1.807) is 22.1 Å². The molecule has 1 unspecified atom stereocenters. The highest BCUT2D eigenvalue weighted by atomic mass is 32.1. The molecule has 2 aromatic rings. The second kappa shape index (κ2) is 6.17. The second-order valence-electron chi connectivity index (χ2n) is 6.11. The Hall–Kier alpha value is -2.13. The van der Waals surface area contributed by atoms with Crippen LogP contribution in [0.3, 0.4) is 0 Å². The Labute approximate surface area is 139 Å². The predicted octanol–water partition coefficient (Wildman–Crippen LogP) is 3.52. The number of rotatable bonds is 3. The van der Waals surface area contributed by atoms with Crippen molar-refractivity contribution in [3.8, 4) is 6.07 Å². The Morgan fingerprint density at radius 1 is 1.61 bits per heavy atom. The van der Waals surface area contributed by atoms with E-state index >= 15 is 0 Å². The van der Waals surface area contributed by atoms with E-state index in [2.05, 4.69) is 23.4 Å². The molecular weight excluding hydrogens is 308 g/mol. The maximum Gasteiger partial charge on any atom is 0.274 e. The molecule has 1 atom stereocenters. The Kier molecular flexibility index (Phi) is 4.22. The van der Waals surface area contributed by atoms with Gasteiger partial charge in [0.25, 0.3) is 5.91 Å². The van der Waals surface area contributed by atoms with Gasteiger partial charge in [-0.25, -0.2) is 0 Å². The number of aromatic nitrogens is 2. The van der Waals surface area contributed by atoms with E-state index in [9.17, 15) is 10.1 Å². The van der Waals surface area contributed by atoms with Gasteiger partial charge < -0.3 is 5.32 Å². The summed E-state index contributed by atoms with van der Waals surface area (Å²) in [5.74, 6) is 0.441. The summed E-state index contributed by atoms with van der Waals surface area (Å²) in [6.07, 6.45) is 3.03. The first-order chi connectivity index (χ1) is 11.0. The monoisotopic (exact) mass is 328 g/mol. The Balaban J connectivity index is 1.91. The van der Waals surface area contributed by atoms with Gasteiger partial charge in [-0.15, -0.1) is 11.3 Å². The van der Waals surface area contributed by atoms with Gasteiger partial charge in [0.15, 0.2) is 0 Å². The van der Waals surface area contributed by atoms with E-state index < -0.39 is 0 Å². The van der Waals surface area contributed by atoms with Crippen LogP contribution in [0.25, 0.3) is 0 Å². The molecule has 0 fully saturated rings. The topological polar surface area (TPSA) is 70.7 Å². The van der Waals surface area contributed by atoms with Gasteiger partial charge in [-0.1, -0.05) is 6.92 Å². The van der Waals surface area contributed by atoms with Crippen LogP contribution in [0, 0.1) is 24.2 Å². The van der Waals surface area contributed by atoms with Crippen molar-refractivity contribution in [2.24, 2.45) is 5.92 Å². The van der Waals surface area contributed by atoms with Crippen molar-refractivity contribution in [2.45, 2.75) is 46.6 Å². The van der Waals surface area contributed by atoms with Crippen molar-refractivity contribution in [1.82, 2.24) is 9.78 Å². The number of aryl methyl sites for hydroxylation is 2. The number of carbonyl (C=O) groups is 1. The predicted molar refractivity (Wildman–Crippen MR) is 90.8 cm³/mol. The summed E-state index contributed by atoms with van der Waals surface area (Å²) in [7, 11) is 0. The SMILES string of the molecule is CCn1nc(C)cc1C(=O)Nc1sc2c(c1C#N)CCC(C)C2. The van der Waals surface area contributed by atoms with Crippen molar-refractivity contribution < 1.29 is 4.79 Å². The summed E-state index contributed by atoms with van der Waals surface area (Å²) in [6, 6.07) is 4.06. The van der Waals surface area contributed by atoms with Crippen LogP contribution in [0.15, 0.2) is 6.07 Å². The molecule has 0 radical (unpaired) electrons. The van der Waals surface area contributed by atoms with Crippen molar-refractivity contribution in [3.05, 3.63) is 33.5 Å². The first-order valence-electron chi connectivity index (χ1n) is 7.93. The minimum absolute atomic E-state index is 0.199. The number of thiophene rings is 1. The number of anilines is 1. The number of nitriles is 1. The average Bonchev–Trinajstić information content (AvgIpc) is 3.06. The summed E-state index contributed by atoms with van der Waals surface area (Å²) >= 11 is 1.55. The summed E-state index contributed by atoms with van der Waals surface area (Å²) in [5, 5.41) is 17.4. The third-order valence-corrected chi connectivity index (χ3v) is 5.45. The third-order valence-electron chi connectivity index (χ3n) is 4.28. The minimum atomic E-state index is -0.199. The normalized spacial score (nSPS) is 16.7. The molecule has 2 aromatic heterocycles. The fraction of sp³-hybridized carbons (Fsp3) is 0.471. The molecule has 1 N–H and O–H groups in total. The zero-order chi connectivity index (χ0) is 16.6. The van der Waals surface area contributed by atoms with Gasteiger partial charge in [0.05, 0.1) is 11.3 Å². The molecule has 23 heavy (non-hydrogen) atoms. The molecule has 0 saturated heterocycles. The van der Waals surface area contributed by atoms with Crippen molar-refractivity contribution >= 4 is 22.2 Å². The zero-order valence-corrected chi connectivity index (χ0v) is 14.5. The second-order valence-corrected chi connectivity index (χ2v) is 7.21. The van der Waals surface area contributed by atoms with Gasteiger partial charge in [0.2, 0.25) is 0 Å². The van der Waals surface area contributed by atoms with Gasteiger partial charge in [-0.2, -0.15) is 10.4 Å². The molecule has 6 heteroatoms. The molecule has 2 heterocycles. The van der Waals surface area contributed by atoms with E-state index in [1.165, 1.54) is 4.88 Å². The average molecular weight is 328 g/mol. The molecule has 0 bridgehead atoms. The number of hydrogen-bond acceptors (Lipinski definition) is 4. The van der Waals surface area contributed by atoms with Crippen LogP contribution in [0.1, 0.15) is 52.5 Å². The molecule has 120 valence electrons. The molecule has 0 aliphatic heterocycles. The summed E-state index contributed by atoms with van der Waals surface area (Å²) in [6.45, 7) is 6.69. The minimum Gasteiger partial charge on any atom is -0.311 e. The Morgan fingerprint density at radius 2 is 2.39 bits per heavy atom. The maximum absolute atomic E-state index is 12.6. The van der Waals surface area contributed by atoms with Crippen LogP contribution in [0.2, 0.25) is 0 Å². The highest BCUT2D eigenvalue weighted by Crippen LogP contribution is 2.39. The lowest BCUT2D eigenvalue weighted by atomic mass is 9.89. The first-order valence-corrected chi connectivity index (χ1v) is 8.75. The van der Waals surface area contributed by atoms with E-state index in [-0.39, 0.29) is 5.91 Å². The van der Waals surface area contributed by atoms with Crippen LogP contribution in [-0.2, 0) is 19.4 Å². The summed E-state index contributed by atoms with van der Waals surface area (Å²) < 4.78 is 1.69. The molecule has 3 rings (SSSR count). The fourth-order valence-corrected chi connectivity index (χ4v) is 4.45. The van der Waals surface area contributed by atoms with Crippen LogP contribution in [0.4, 0.5) is 5.00 Å². The third kappa shape index (κ3) is 2.89. The summed E-state index contributed by atoms with van der Waals surface area (Å²) in [5.41, 5.74) is 3.13. The van der Waals surface area contributed by atoms with Crippen molar-refractivity contribution in [2.75, 3.05) is 5.32 Å². The molecule has 0 spiro atoms. The quantitative estimate of drug-likeness (QED) is 0.937. The van der Waals surface area contributed by atoms with Gasteiger partial charge in [-0.3, -0.25) is 9.48 Å². The highest BCUT2D eigenvalue weighted by molar-refractivity contribution is 7.16. The molecule has 0 saturated carbocycles. The first kappa shape index (κ1) is 15.8. The molecule has 1 aliphatic carbocycles. The number of fused-ring (bicyclic) bond motifs is 1. The van der Waals surface area contributed by atoms with Crippen LogP contribution in [0.5, 0.6) is 0 Å². The van der Waals surface area contributed by atoms with E-state index in [0.29, 0.717) is 28.7 Å². The lowest BCUT2D eigenvalue weighted by Crippen LogP contribution is -2.17. The fourth-order valence-electron chi connectivity index (χ4n) is 3.09. The lowest BCUT2D eigenvalue weighted by molar-refractivity contribution is 0.101. The largest absolute Gasteiger partial charge is 0.311 e. The smallest absolute Gasteiger partial charge is 0.274 e. The van der Waals surface area contributed by atoms with E-state index in [0.717, 1.165) is 30.5 Å². The number of amides is 1. The molecule has 1 aliphatic rings. The van der Waals surface area contributed by atoms with Gasteiger partial charge >= 0.3 is 0 Å². The zero-order valence-electron chi connectivity index (χ0n) is 13.6. The standard InChI is InChI=1S/C17H20N4OS/c1-4-21-14(8-11(3)20-21)16(22)19-17-13(9-18)12-6-5-10(2)7-15(12)23-17/h8,10H,4-7H2,1-3H3,(H,19,22). The Morgan fingerprint density at radius 3 is 3.09 bits per heavy atom. The number of nitrogens with one attached hydrogen (secondary N) is 1. The summed E-state index contributed by atoms with van der Waals surface area (Å²) in [4.78, 5) is 13.8. The number of nitrogens with zero attached hydrogens (tertiary/aromatic N) is 3. The van der Waals surface area contributed by atoms with E-state index in [1.807, 2.05) is 13.8 Å². The lowest BCUT2D eigenvalue weighted by Gasteiger charge is -2.17. The van der Waals surface area contributed by atoms with Gasteiger partial charge in [0.1, 0.15) is 16.8 Å². The van der Waals surface area contributed by atoms with Crippen LogP contribution >= 0.6 is 11.3 Å². The molecule has 1 amide bonds. The Bertz CT molecular complexity index is 796. The van der Waals surface area contributed by atoms with Crippen molar-refractivity contribution in [1.29, 1.82) is 5.26 Å². The van der Waals surface area contributed by atoms with Crippen LogP contribution < -0.4 is 5.32 Å². The van der Waals surface area contributed by atoms with Gasteiger partial charge in [-0.05, 0) is 50.7 Å². The molecular formula is C17H20N4OS. The van der Waals surface area contributed by atoms with E-state index in [4.69, 9.17) is 0 Å². The molecule has 5 nitrogen and oxygen atoms in total. The van der Waals surface area contributed by atoms with Gasteiger partial charge in [0, 0.05) is 11.4 Å². The maximum atomic E-state index is 12.6. The number of hydrogen-bond donors (Lipinski definition) is 1. The number of carbonyl (C=O) groups excluding carboxylic acids is 1. The van der Waals surface area contributed by atoms with Crippen molar-refractivity contribution in [3.63, 3.8) is 0 Å². The van der Waals surface area contributed by atoms with Crippen LogP contribution in [-0.4, -0.2) is 15.7 Å².